The van der Waals surface area contributed by atoms with Crippen LogP contribution >= 0.6 is 11.6 Å². The predicted molar refractivity (Wildman–Crippen MR) is 140 cm³/mol. The first-order valence-electron chi connectivity index (χ1n) is 11.5. The summed E-state index contributed by atoms with van der Waals surface area (Å²) in [6, 6.07) is 18.3. The molecule has 3 aromatic rings. The molecule has 0 spiro atoms. The first-order valence-corrected chi connectivity index (χ1v) is 11.9. The molecule has 1 aliphatic rings. The van der Waals surface area contributed by atoms with Crippen LogP contribution in [0.2, 0.25) is 5.02 Å². The summed E-state index contributed by atoms with van der Waals surface area (Å²) in [5.41, 5.74) is 16.3. The molecule has 180 valence electrons. The molecule has 0 saturated heterocycles. The summed E-state index contributed by atoms with van der Waals surface area (Å²) in [5.74, 6) is 0.940. The van der Waals surface area contributed by atoms with Crippen molar-refractivity contribution in [1.29, 1.82) is 0 Å². The molecule has 1 aliphatic carbocycles. The summed E-state index contributed by atoms with van der Waals surface area (Å²) >= 11 is 6.03. The topological polar surface area (TPSA) is 73.6 Å². The maximum atomic E-state index is 13.3. The number of aliphatic imine (C=N–C) groups is 1. The van der Waals surface area contributed by atoms with Crippen molar-refractivity contribution < 1.29 is 9.13 Å². The minimum Gasteiger partial charge on any atom is -0.496 e. The lowest BCUT2D eigenvalue weighted by molar-refractivity contribution is 0.412. The molecule has 1 saturated carbocycles. The van der Waals surface area contributed by atoms with Gasteiger partial charge in [-0.05, 0) is 85.8 Å². The number of methoxy groups -OCH3 is 1. The Morgan fingerprint density at radius 2 is 1.68 bits per heavy atom. The van der Waals surface area contributed by atoms with Gasteiger partial charge in [-0.15, -0.1) is 0 Å². The third-order valence-electron chi connectivity index (χ3n) is 6.18. The van der Waals surface area contributed by atoms with Gasteiger partial charge in [0, 0.05) is 21.6 Å². The largest absolute Gasteiger partial charge is 0.496 e. The lowest BCUT2D eigenvalue weighted by Crippen LogP contribution is -2.20. The quantitative estimate of drug-likeness (QED) is 0.309. The molecule has 0 atom stereocenters. The first-order chi connectivity index (χ1) is 16.3. The van der Waals surface area contributed by atoms with E-state index in [-0.39, 0.29) is 11.2 Å². The Hall–Kier alpha value is -2.89. The molecule has 4 rings (SSSR count). The van der Waals surface area contributed by atoms with Gasteiger partial charge in [-0.1, -0.05) is 42.8 Å². The van der Waals surface area contributed by atoms with Crippen LogP contribution in [-0.4, -0.2) is 26.0 Å². The van der Waals surface area contributed by atoms with Gasteiger partial charge in [-0.2, -0.15) is 0 Å². The third kappa shape index (κ3) is 6.16. The number of nitrogens with zero attached hydrogens (tertiary/aromatic N) is 1. The van der Waals surface area contributed by atoms with Crippen molar-refractivity contribution in [2.75, 3.05) is 20.2 Å². The summed E-state index contributed by atoms with van der Waals surface area (Å²) in [6.45, 7) is 5.47. The van der Waals surface area contributed by atoms with E-state index >= 15 is 0 Å². The van der Waals surface area contributed by atoms with Crippen molar-refractivity contribution in [3.8, 4) is 16.9 Å². The van der Waals surface area contributed by atoms with Crippen molar-refractivity contribution in [2.45, 2.75) is 38.5 Å². The number of benzene rings is 3. The van der Waals surface area contributed by atoms with E-state index in [2.05, 4.69) is 19.1 Å². The van der Waals surface area contributed by atoms with Crippen LogP contribution in [0.4, 0.5) is 4.39 Å². The Morgan fingerprint density at radius 1 is 1.06 bits per heavy atom. The van der Waals surface area contributed by atoms with Gasteiger partial charge in [0.25, 0.3) is 0 Å². The van der Waals surface area contributed by atoms with E-state index in [9.17, 15) is 4.39 Å². The highest BCUT2D eigenvalue weighted by molar-refractivity contribution is 6.30. The van der Waals surface area contributed by atoms with E-state index in [4.69, 9.17) is 32.8 Å². The zero-order chi connectivity index (χ0) is 24.7. The SMILES string of the molecule is CCCN.COc1cc(-c2ccc(F)cc2)cc(C(N)=NCC2(c3ccc(Cl)cc3)CC2)c1C. The van der Waals surface area contributed by atoms with Crippen LogP contribution in [0, 0.1) is 12.7 Å². The molecule has 3 aromatic carbocycles. The average molecular weight is 482 g/mol. The second kappa shape index (κ2) is 11.5. The summed E-state index contributed by atoms with van der Waals surface area (Å²) < 4.78 is 18.9. The van der Waals surface area contributed by atoms with Crippen LogP contribution in [0.1, 0.15) is 42.9 Å². The molecular weight excluding hydrogens is 449 g/mol. The van der Waals surface area contributed by atoms with Crippen LogP contribution in [0.5, 0.6) is 5.75 Å². The van der Waals surface area contributed by atoms with E-state index in [1.807, 2.05) is 31.2 Å². The summed E-state index contributed by atoms with van der Waals surface area (Å²) in [6.07, 6.45) is 3.27. The normalized spacial score (nSPS) is 14.2. The van der Waals surface area contributed by atoms with E-state index in [0.29, 0.717) is 12.4 Å². The molecule has 0 unspecified atom stereocenters. The van der Waals surface area contributed by atoms with Gasteiger partial charge in [0.2, 0.25) is 0 Å². The summed E-state index contributed by atoms with van der Waals surface area (Å²) in [4.78, 5) is 4.76. The molecule has 0 radical (unpaired) electrons. The van der Waals surface area contributed by atoms with Crippen LogP contribution < -0.4 is 16.2 Å². The number of nitrogens with two attached hydrogens (primary N) is 2. The molecule has 34 heavy (non-hydrogen) atoms. The highest BCUT2D eigenvalue weighted by atomic mass is 35.5. The Bertz CT molecular complexity index is 1120. The highest BCUT2D eigenvalue weighted by Gasteiger charge is 2.44. The second-order valence-corrected chi connectivity index (χ2v) is 9.07. The van der Waals surface area contributed by atoms with Gasteiger partial charge in [0.15, 0.2) is 0 Å². The zero-order valence-corrected chi connectivity index (χ0v) is 20.8. The molecule has 6 heteroatoms. The fourth-order valence-corrected chi connectivity index (χ4v) is 3.91. The minimum atomic E-state index is -0.268. The van der Waals surface area contributed by atoms with Crippen LogP contribution in [0.3, 0.4) is 0 Å². The Balaban J connectivity index is 0.000000751. The minimum absolute atomic E-state index is 0.0434. The maximum Gasteiger partial charge on any atom is 0.126 e. The van der Waals surface area contributed by atoms with E-state index in [0.717, 1.165) is 58.8 Å². The van der Waals surface area contributed by atoms with Gasteiger partial charge in [0.1, 0.15) is 17.4 Å². The highest BCUT2D eigenvalue weighted by Crippen LogP contribution is 2.48. The second-order valence-electron chi connectivity index (χ2n) is 8.64. The van der Waals surface area contributed by atoms with E-state index in [1.165, 1.54) is 17.7 Å². The standard InChI is InChI=1S/C25H24ClFN2O.C3H9N/c1-16-22(13-18(14-23(16)30-2)17-3-9-21(27)10-4-17)24(28)29-15-25(11-12-25)19-5-7-20(26)8-6-19;1-2-3-4/h3-10,13-14H,11-12,15H2,1-2H3,(H2,28,29);2-4H2,1H3. The molecule has 0 amide bonds. The first kappa shape index (κ1) is 25.7. The fraction of sp³-hybridized carbons (Fsp3) is 0.321. The number of halogens is 2. The van der Waals surface area contributed by atoms with Crippen molar-refractivity contribution in [2.24, 2.45) is 16.5 Å². The van der Waals surface area contributed by atoms with Gasteiger partial charge < -0.3 is 16.2 Å². The van der Waals surface area contributed by atoms with Gasteiger partial charge >= 0.3 is 0 Å². The number of rotatable bonds is 7. The maximum absolute atomic E-state index is 13.3. The number of hydrogen-bond donors (Lipinski definition) is 2. The van der Waals surface area contributed by atoms with Crippen LogP contribution in [0.15, 0.2) is 65.7 Å². The number of amidine groups is 1. The van der Waals surface area contributed by atoms with Crippen LogP contribution in [-0.2, 0) is 5.41 Å². The molecule has 0 aliphatic heterocycles. The Labute approximate surface area is 206 Å². The number of hydrogen-bond acceptors (Lipinski definition) is 3. The molecule has 1 fully saturated rings. The summed E-state index contributed by atoms with van der Waals surface area (Å²) in [7, 11) is 1.63. The Kier molecular flexibility index (Phi) is 8.70. The third-order valence-corrected chi connectivity index (χ3v) is 6.44. The molecule has 0 heterocycles. The molecule has 4 N–H and O–H groups in total. The van der Waals surface area contributed by atoms with E-state index < -0.39 is 0 Å². The average Bonchev–Trinajstić information content (AvgIpc) is 3.65. The van der Waals surface area contributed by atoms with Crippen LogP contribution in [0.25, 0.3) is 11.1 Å². The summed E-state index contributed by atoms with van der Waals surface area (Å²) in [5, 5.41) is 0.734. The van der Waals surface area contributed by atoms with Crippen molar-refractivity contribution in [1.82, 2.24) is 0 Å². The van der Waals surface area contributed by atoms with Gasteiger partial charge in [-0.3, -0.25) is 4.99 Å². The fourth-order valence-electron chi connectivity index (χ4n) is 3.79. The monoisotopic (exact) mass is 481 g/mol. The van der Waals surface area contributed by atoms with Gasteiger partial charge in [0.05, 0.1) is 13.7 Å². The molecular formula is C28H33ClFN3O. The lowest BCUT2D eigenvalue weighted by atomic mass is 9.95. The molecule has 0 aromatic heterocycles. The Morgan fingerprint density at radius 3 is 2.21 bits per heavy atom. The van der Waals surface area contributed by atoms with Crippen molar-refractivity contribution >= 4 is 17.4 Å². The van der Waals surface area contributed by atoms with Gasteiger partial charge in [-0.25, -0.2) is 4.39 Å². The van der Waals surface area contributed by atoms with Crippen molar-refractivity contribution in [3.05, 3.63) is 88.2 Å². The lowest BCUT2D eigenvalue weighted by Gasteiger charge is -2.16. The van der Waals surface area contributed by atoms with Crippen molar-refractivity contribution in [3.63, 3.8) is 0 Å². The zero-order valence-electron chi connectivity index (χ0n) is 20.1. The predicted octanol–water partition coefficient (Wildman–Crippen LogP) is 6.26. The number of ether oxygens (including phenoxy) is 1. The smallest absolute Gasteiger partial charge is 0.126 e. The molecule has 4 nitrogen and oxygen atoms in total. The molecule has 0 bridgehead atoms. The van der Waals surface area contributed by atoms with E-state index in [1.54, 1.807) is 19.2 Å².